The highest BCUT2D eigenvalue weighted by Gasteiger charge is 2.14. The van der Waals surface area contributed by atoms with Crippen molar-refractivity contribution in [1.82, 2.24) is 14.3 Å². The fraction of sp³-hybridized carbons (Fsp3) is 0.417. The Morgan fingerprint density at radius 3 is 2.76 bits per heavy atom. The molecule has 0 fully saturated rings. The first-order valence-corrected chi connectivity index (χ1v) is 5.47. The van der Waals surface area contributed by atoms with E-state index in [0.717, 1.165) is 11.9 Å². The van der Waals surface area contributed by atoms with Gasteiger partial charge in [-0.15, -0.1) is 0 Å². The lowest BCUT2D eigenvalue weighted by atomic mass is 10.2. The molecule has 2 heterocycles. The third kappa shape index (κ3) is 2.15. The summed E-state index contributed by atoms with van der Waals surface area (Å²) in [5.41, 5.74) is 0.186. The minimum absolute atomic E-state index is 0.186. The topological polar surface area (TPSA) is 20.5 Å². The minimum atomic E-state index is -0.844. The molecular weight excluding hydrogens is 224 g/mol. The van der Waals surface area contributed by atoms with Crippen LogP contribution in [0.2, 0.25) is 0 Å². The Balaban J connectivity index is 2.40. The van der Waals surface area contributed by atoms with Gasteiger partial charge in [0, 0.05) is 18.7 Å². The summed E-state index contributed by atoms with van der Waals surface area (Å²) in [5.74, 6) is -0.950. The van der Waals surface area contributed by atoms with Crippen LogP contribution in [0.5, 0.6) is 0 Å². The van der Waals surface area contributed by atoms with E-state index in [2.05, 4.69) is 16.8 Å². The fourth-order valence-corrected chi connectivity index (χ4v) is 1.66. The van der Waals surface area contributed by atoms with Gasteiger partial charge in [0.1, 0.15) is 11.3 Å². The third-order valence-corrected chi connectivity index (χ3v) is 3.04. The van der Waals surface area contributed by atoms with Gasteiger partial charge in [-0.3, -0.25) is 0 Å². The number of likely N-dealkylation sites (N-methyl/N-ethyl adjacent to an activating group) is 1. The van der Waals surface area contributed by atoms with Gasteiger partial charge in [0.15, 0.2) is 11.6 Å². The van der Waals surface area contributed by atoms with E-state index in [1.54, 1.807) is 4.40 Å². The lowest BCUT2D eigenvalue weighted by molar-refractivity contribution is 0.308. The summed E-state index contributed by atoms with van der Waals surface area (Å²) < 4.78 is 28.1. The zero-order chi connectivity index (χ0) is 12.6. The SMILES string of the molecule is CC(Cc1ncc2c(F)c(F)ccn12)N(C)C. The van der Waals surface area contributed by atoms with Crippen LogP contribution in [-0.2, 0) is 6.42 Å². The molecular formula is C12H15F2N3. The van der Waals surface area contributed by atoms with Crippen LogP contribution >= 0.6 is 0 Å². The number of pyridine rings is 1. The number of aromatic nitrogens is 2. The van der Waals surface area contributed by atoms with E-state index in [4.69, 9.17) is 0 Å². The Labute approximate surface area is 98.7 Å². The summed E-state index contributed by atoms with van der Waals surface area (Å²) in [4.78, 5) is 6.21. The van der Waals surface area contributed by atoms with Gasteiger partial charge in [0.2, 0.25) is 0 Å². The van der Waals surface area contributed by atoms with Crippen molar-refractivity contribution in [1.29, 1.82) is 0 Å². The summed E-state index contributed by atoms with van der Waals surface area (Å²) >= 11 is 0. The van der Waals surface area contributed by atoms with Gasteiger partial charge in [-0.1, -0.05) is 0 Å². The quantitative estimate of drug-likeness (QED) is 0.817. The van der Waals surface area contributed by atoms with Crippen LogP contribution < -0.4 is 0 Å². The highest BCUT2D eigenvalue weighted by molar-refractivity contribution is 5.47. The number of imidazole rings is 1. The second-order valence-corrected chi connectivity index (χ2v) is 4.42. The van der Waals surface area contributed by atoms with E-state index in [0.29, 0.717) is 6.42 Å². The van der Waals surface area contributed by atoms with Crippen molar-refractivity contribution < 1.29 is 8.78 Å². The molecule has 0 bridgehead atoms. The molecule has 0 spiro atoms. The van der Waals surface area contributed by atoms with Crippen LogP contribution in [0.15, 0.2) is 18.5 Å². The normalized spacial score (nSPS) is 13.5. The molecule has 17 heavy (non-hydrogen) atoms. The van der Waals surface area contributed by atoms with E-state index in [1.165, 1.54) is 12.4 Å². The van der Waals surface area contributed by atoms with Gasteiger partial charge < -0.3 is 9.30 Å². The Hall–Kier alpha value is -1.49. The maximum absolute atomic E-state index is 13.5. The molecule has 2 aromatic rings. The summed E-state index contributed by atoms with van der Waals surface area (Å²) in [6.07, 6.45) is 3.57. The second-order valence-electron chi connectivity index (χ2n) is 4.42. The van der Waals surface area contributed by atoms with Crippen molar-refractivity contribution in [2.24, 2.45) is 0 Å². The van der Waals surface area contributed by atoms with Crippen LogP contribution in [0.25, 0.3) is 5.52 Å². The summed E-state index contributed by atoms with van der Waals surface area (Å²) in [5, 5.41) is 0. The Morgan fingerprint density at radius 2 is 2.12 bits per heavy atom. The number of hydrogen-bond donors (Lipinski definition) is 0. The number of fused-ring (bicyclic) bond motifs is 1. The van der Waals surface area contributed by atoms with Crippen LogP contribution in [0.3, 0.4) is 0 Å². The van der Waals surface area contributed by atoms with Crippen LogP contribution in [0.1, 0.15) is 12.7 Å². The molecule has 0 radical (unpaired) electrons. The second kappa shape index (κ2) is 4.41. The van der Waals surface area contributed by atoms with Crippen molar-refractivity contribution in [3.8, 4) is 0 Å². The van der Waals surface area contributed by atoms with Crippen molar-refractivity contribution in [2.75, 3.05) is 14.1 Å². The first-order valence-electron chi connectivity index (χ1n) is 5.47. The standard InChI is InChI=1S/C12H15F2N3/c1-8(16(2)3)6-11-15-7-10-12(14)9(13)4-5-17(10)11/h4-5,7-8H,6H2,1-3H3. The Bertz CT molecular complexity index is 534. The van der Waals surface area contributed by atoms with E-state index in [9.17, 15) is 8.78 Å². The van der Waals surface area contributed by atoms with Gasteiger partial charge in [-0.05, 0) is 27.1 Å². The molecule has 1 unspecified atom stereocenters. The Morgan fingerprint density at radius 1 is 1.41 bits per heavy atom. The molecule has 92 valence electrons. The van der Waals surface area contributed by atoms with E-state index in [-0.39, 0.29) is 11.6 Å². The molecule has 0 saturated carbocycles. The monoisotopic (exact) mass is 239 g/mol. The van der Waals surface area contributed by atoms with Crippen molar-refractivity contribution in [2.45, 2.75) is 19.4 Å². The highest BCUT2D eigenvalue weighted by Crippen LogP contribution is 2.16. The van der Waals surface area contributed by atoms with E-state index >= 15 is 0 Å². The zero-order valence-corrected chi connectivity index (χ0v) is 10.1. The highest BCUT2D eigenvalue weighted by atomic mass is 19.2. The van der Waals surface area contributed by atoms with Gasteiger partial charge in [0.25, 0.3) is 0 Å². The van der Waals surface area contributed by atoms with Gasteiger partial charge in [-0.25, -0.2) is 13.8 Å². The van der Waals surface area contributed by atoms with Crippen LogP contribution in [-0.4, -0.2) is 34.4 Å². The lowest BCUT2D eigenvalue weighted by Crippen LogP contribution is -2.27. The van der Waals surface area contributed by atoms with Crippen molar-refractivity contribution in [3.63, 3.8) is 0 Å². The number of nitrogens with zero attached hydrogens (tertiary/aromatic N) is 3. The number of rotatable bonds is 3. The zero-order valence-electron chi connectivity index (χ0n) is 10.1. The Kier molecular flexibility index (Phi) is 3.11. The molecule has 0 aliphatic rings. The largest absolute Gasteiger partial charge is 0.306 e. The third-order valence-electron chi connectivity index (χ3n) is 3.04. The number of halogens is 2. The molecule has 0 amide bonds. The van der Waals surface area contributed by atoms with Crippen molar-refractivity contribution >= 4 is 5.52 Å². The summed E-state index contributed by atoms with van der Waals surface area (Å²) in [6, 6.07) is 1.40. The predicted molar refractivity (Wildman–Crippen MR) is 62.0 cm³/mol. The molecule has 0 saturated heterocycles. The summed E-state index contributed by atoms with van der Waals surface area (Å²) in [6.45, 7) is 2.06. The first kappa shape index (κ1) is 12.0. The molecule has 1 atom stereocenters. The van der Waals surface area contributed by atoms with Gasteiger partial charge in [-0.2, -0.15) is 0 Å². The van der Waals surface area contributed by atoms with Crippen LogP contribution in [0.4, 0.5) is 8.78 Å². The fourth-order valence-electron chi connectivity index (χ4n) is 1.66. The average Bonchev–Trinajstić information content (AvgIpc) is 2.67. The van der Waals surface area contributed by atoms with Gasteiger partial charge in [0.05, 0.1) is 6.20 Å². The minimum Gasteiger partial charge on any atom is -0.306 e. The van der Waals surface area contributed by atoms with Gasteiger partial charge >= 0.3 is 0 Å². The van der Waals surface area contributed by atoms with Crippen LogP contribution in [0, 0.1) is 11.6 Å². The molecule has 2 rings (SSSR count). The first-order chi connectivity index (χ1) is 8.00. The van der Waals surface area contributed by atoms with E-state index in [1.807, 2.05) is 14.1 Å². The molecule has 3 nitrogen and oxygen atoms in total. The molecule has 2 aromatic heterocycles. The molecule has 5 heteroatoms. The molecule has 0 aliphatic carbocycles. The average molecular weight is 239 g/mol. The predicted octanol–water partition coefficient (Wildman–Crippen LogP) is 2.11. The maximum atomic E-state index is 13.5. The maximum Gasteiger partial charge on any atom is 0.184 e. The summed E-state index contributed by atoms with van der Waals surface area (Å²) in [7, 11) is 3.95. The van der Waals surface area contributed by atoms with E-state index < -0.39 is 11.6 Å². The van der Waals surface area contributed by atoms with Crippen molar-refractivity contribution in [3.05, 3.63) is 35.9 Å². The lowest BCUT2D eigenvalue weighted by Gasteiger charge is -2.18. The molecule has 0 aliphatic heterocycles. The molecule has 0 N–H and O–H groups in total. The number of hydrogen-bond acceptors (Lipinski definition) is 2. The smallest absolute Gasteiger partial charge is 0.184 e. The molecule has 0 aromatic carbocycles.